The van der Waals surface area contributed by atoms with Crippen molar-refractivity contribution in [1.29, 1.82) is 0 Å². The highest BCUT2D eigenvalue weighted by Crippen LogP contribution is 2.32. The van der Waals surface area contributed by atoms with Crippen LogP contribution in [0.1, 0.15) is 38.2 Å². The zero-order chi connectivity index (χ0) is 18.2. The fraction of sp³-hybridized carbons (Fsp3) is 0.278. The van der Waals surface area contributed by atoms with Gasteiger partial charge in [0.1, 0.15) is 4.90 Å². The summed E-state index contributed by atoms with van der Waals surface area (Å²) in [6, 6.07) is 6.02. The van der Waals surface area contributed by atoms with Crippen LogP contribution < -0.4 is 9.92 Å². The van der Waals surface area contributed by atoms with Crippen LogP contribution in [0.2, 0.25) is 0 Å². The molecule has 0 aliphatic heterocycles. The summed E-state index contributed by atoms with van der Waals surface area (Å²) in [7, 11) is -4.10. The molecule has 0 spiro atoms. The fourth-order valence-electron chi connectivity index (χ4n) is 2.74. The predicted molar refractivity (Wildman–Crippen MR) is 92.9 cm³/mol. The molecule has 6 heteroatoms. The van der Waals surface area contributed by atoms with Gasteiger partial charge in [-0.3, -0.25) is 4.79 Å². The molecule has 0 radical (unpaired) electrons. The molecule has 0 aliphatic rings. The van der Waals surface area contributed by atoms with Crippen molar-refractivity contribution in [2.24, 2.45) is 5.73 Å². The zero-order valence-electron chi connectivity index (χ0n) is 14.4. The molecule has 0 atom stereocenters. The summed E-state index contributed by atoms with van der Waals surface area (Å²) >= 11 is 0. The molecule has 2 rings (SSSR count). The lowest BCUT2D eigenvalue weighted by Gasteiger charge is -2.19. The molecule has 0 bridgehead atoms. The van der Waals surface area contributed by atoms with E-state index in [1.54, 1.807) is 26.0 Å². The van der Waals surface area contributed by atoms with Crippen molar-refractivity contribution in [3.8, 4) is 5.75 Å². The van der Waals surface area contributed by atoms with E-state index in [4.69, 9.17) is 9.92 Å². The zero-order valence-corrected chi connectivity index (χ0v) is 15.2. The van der Waals surface area contributed by atoms with E-state index in [-0.39, 0.29) is 16.2 Å². The van der Waals surface area contributed by atoms with E-state index in [9.17, 15) is 13.2 Å². The molecule has 0 fully saturated rings. The van der Waals surface area contributed by atoms with Gasteiger partial charge in [-0.2, -0.15) is 8.42 Å². The van der Waals surface area contributed by atoms with Crippen molar-refractivity contribution >= 4 is 16.0 Å². The SMILES string of the molecule is Cc1c(C)c(C)c(S(=O)(=O)Oc2ccccc2C(N)=O)c(C)c1C. The second-order valence-corrected chi connectivity index (χ2v) is 7.34. The van der Waals surface area contributed by atoms with Gasteiger partial charge in [0.15, 0.2) is 5.75 Å². The first-order valence-corrected chi connectivity index (χ1v) is 8.89. The van der Waals surface area contributed by atoms with Gasteiger partial charge in [0, 0.05) is 0 Å². The van der Waals surface area contributed by atoms with E-state index >= 15 is 0 Å². The minimum atomic E-state index is -4.10. The van der Waals surface area contributed by atoms with Crippen molar-refractivity contribution in [3.63, 3.8) is 0 Å². The molecule has 2 N–H and O–H groups in total. The third kappa shape index (κ3) is 3.01. The number of hydrogen-bond acceptors (Lipinski definition) is 4. The maximum atomic E-state index is 12.9. The molecule has 0 unspecified atom stereocenters. The second-order valence-electron chi connectivity index (χ2n) is 5.85. The van der Waals surface area contributed by atoms with Gasteiger partial charge in [-0.15, -0.1) is 0 Å². The Morgan fingerprint density at radius 3 is 1.83 bits per heavy atom. The van der Waals surface area contributed by atoms with Crippen LogP contribution in [0.3, 0.4) is 0 Å². The van der Waals surface area contributed by atoms with E-state index in [0.717, 1.165) is 16.7 Å². The Balaban J connectivity index is 2.64. The lowest BCUT2D eigenvalue weighted by molar-refractivity contribution is 0.0999. The van der Waals surface area contributed by atoms with Crippen LogP contribution >= 0.6 is 0 Å². The molecular weight excluding hydrogens is 326 g/mol. The van der Waals surface area contributed by atoms with E-state index in [0.29, 0.717) is 11.1 Å². The quantitative estimate of drug-likeness (QED) is 0.861. The fourth-order valence-corrected chi connectivity index (χ4v) is 4.26. The molecule has 128 valence electrons. The van der Waals surface area contributed by atoms with Gasteiger partial charge in [0.2, 0.25) is 0 Å². The van der Waals surface area contributed by atoms with Crippen molar-refractivity contribution in [3.05, 3.63) is 57.6 Å². The van der Waals surface area contributed by atoms with Gasteiger partial charge in [0.25, 0.3) is 5.91 Å². The summed E-state index contributed by atoms with van der Waals surface area (Å²) in [6.45, 7) is 9.24. The number of rotatable bonds is 4. The Bertz CT molecular complexity index is 901. The molecule has 1 amide bonds. The van der Waals surface area contributed by atoms with Gasteiger partial charge >= 0.3 is 10.1 Å². The largest absolute Gasteiger partial charge is 0.378 e. The number of nitrogens with two attached hydrogens (primary N) is 1. The van der Waals surface area contributed by atoms with Crippen molar-refractivity contribution in [2.75, 3.05) is 0 Å². The summed E-state index contributed by atoms with van der Waals surface area (Å²) in [5, 5.41) is 0. The van der Waals surface area contributed by atoms with Crippen LogP contribution in [0.25, 0.3) is 0 Å². The van der Waals surface area contributed by atoms with E-state index in [1.165, 1.54) is 12.1 Å². The summed E-state index contributed by atoms with van der Waals surface area (Å²) < 4.78 is 31.0. The Labute approximate surface area is 142 Å². The topological polar surface area (TPSA) is 86.5 Å². The monoisotopic (exact) mass is 347 g/mol. The molecule has 0 aliphatic carbocycles. The summed E-state index contributed by atoms with van der Waals surface area (Å²) in [5.74, 6) is -0.815. The highest BCUT2D eigenvalue weighted by Gasteiger charge is 2.26. The first-order valence-electron chi connectivity index (χ1n) is 7.48. The van der Waals surface area contributed by atoms with E-state index in [1.807, 2.05) is 20.8 Å². The second kappa shape index (κ2) is 6.28. The average Bonchev–Trinajstić information content (AvgIpc) is 2.50. The Hall–Kier alpha value is -2.34. The predicted octanol–water partition coefficient (Wildman–Crippen LogP) is 3.10. The first-order chi connectivity index (χ1) is 11.1. The van der Waals surface area contributed by atoms with Gasteiger partial charge in [-0.1, -0.05) is 12.1 Å². The van der Waals surface area contributed by atoms with Gasteiger partial charge < -0.3 is 9.92 Å². The van der Waals surface area contributed by atoms with Crippen molar-refractivity contribution in [2.45, 2.75) is 39.5 Å². The lowest BCUT2D eigenvalue weighted by atomic mass is 9.95. The van der Waals surface area contributed by atoms with Crippen molar-refractivity contribution in [1.82, 2.24) is 0 Å². The molecule has 0 aromatic heterocycles. The van der Waals surface area contributed by atoms with Crippen LogP contribution in [0, 0.1) is 34.6 Å². The number of primary amides is 1. The summed E-state index contributed by atoms with van der Waals surface area (Å²) in [4.78, 5) is 11.6. The van der Waals surface area contributed by atoms with Crippen LogP contribution in [0.4, 0.5) is 0 Å². The normalized spacial score (nSPS) is 11.4. The van der Waals surface area contributed by atoms with Crippen LogP contribution in [0.15, 0.2) is 29.2 Å². The molecular formula is C18H21NO4S. The highest BCUT2D eigenvalue weighted by molar-refractivity contribution is 7.87. The number of amides is 1. The lowest BCUT2D eigenvalue weighted by Crippen LogP contribution is -2.18. The number of carbonyl (C=O) groups is 1. The minimum absolute atomic E-state index is 0.0249. The molecule has 24 heavy (non-hydrogen) atoms. The van der Waals surface area contributed by atoms with Crippen LogP contribution in [0.5, 0.6) is 5.75 Å². The van der Waals surface area contributed by atoms with Crippen LogP contribution in [-0.2, 0) is 10.1 Å². The Kier molecular flexibility index (Phi) is 4.71. The maximum Gasteiger partial charge on any atom is 0.339 e. The molecule has 2 aromatic carbocycles. The van der Waals surface area contributed by atoms with Gasteiger partial charge in [-0.25, -0.2) is 0 Å². The number of para-hydroxylation sites is 1. The number of carbonyl (C=O) groups excluding carboxylic acids is 1. The van der Waals surface area contributed by atoms with Gasteiger partial charge in [-0.05, 0) is 74.6 Å². The van der Waals surface area contributed by atoms with Gasteiger partial charge in [0.05, 0.1) is 5.56 Å². The minimum Gasteiger partial charge on any atom is -0.378 e. The summed E-state index contributed by atoms with van der Waals surface area (Å²) in [5.41, 5.74) is 9.47. The standard InChI is InChI=1S/C18H21NO4S/c1-10-11(2)13(4)17(14(5)12(10)3)24(21,22)23-16-9-7-6-8-15(16)18(19)20/h6-9H,1-5H3,(H2,19,20). The maximum absolute atomic E-state index is 12.9. The number of hydrogen-bond donors (Lipinski definition) is 1. The summed E-state index contributed by atoms with van der Waals surface area (Å²) in [6.07, 6.45) is 0. The molecule has 0 saturated carbocycles. The molecule has 0 heterocycles. The number of benzene rings is 2. The van der Waals surface area contributed by atoms with Crippen LogP contribution in [-0.4, -0.2) is 14.3 Å². The van der Waals surface area contributed by atoms with E-state index in [2.05, 4.69) is 0 Å². The molecule has 5 nitrogen and oxygen atoms in total. The smallest absolute Gasteiger partial charge is 0.339 e. The molecule has 0 saturated heterocycles. The third-order valence-electron chi connectivity index (χ3n) is 4.53. The third-order valence-corrected chi connectivity index (χ3v) is 6.04. The first kappa shape index (κ1) is 18.0. The Morgan fingerprint density at radius 1 is 0.875 bits per heavy atom. The Morgan fingerprint density at radius 2 is 1.33 bits per heavy atom. The van der Waals surface area contributed by atoms with Crippen molar-refractivity contribution < 1.29 is 17.4 Å². The van der Waals surface area contributed by atoms with E-state index < -0.39 is 16.0 Å². The highest BCUT2D eigenvalue weighted by atomic mass is 32.2. The average molecular weight is 347 g/mol. The molecule has 2 aromatic rings.